The third-order valence-electron chi connectivity index (χ3n) is 6.36. The molecule has 0 aliphatic heterocycles. The first-order valence-electron chi connectivity index (χ1n) is 12.9. The molecular weight excluding hydrogens is 480 g/mol. The van der Waals surface area contributed by atoms with E-state index in [9.17, 15) is 9.59 Å². The molecule has 1 atom stereocenters. The minimum atomic E-state index is -0.590. The number of methoxy groups -OCH3 is 1. The van der Waals surface area contributed by atoms with Gasteiger partial charge in [-0.05, 0) is 47.7 Å². The number of amides is 2. The number of aryl methyl sites for hydroxylation is 1. The summed E-state index contributed by atoms with van der Waals surface area (Å²) in [7, 11) is 1.65. The van der Waals surface area contributed by atoms with Crippen molar-refractivity contribution >= 4 is 23.6 Å². The molecule has 1 unspecified atom stereocenters. The number of nitrogens with zero attached hydrogens (tertiary/aromatic N) is 1. The fraction of sp³-hybridized carbons (Fsp3) is 0.355. The third kappa shape index (κ3) is 8.97. The van der Waals surface area contributed by atoms with Gasteiger partial charge in [-0.15, -0.1) is 11.8 Å². The van der Waals surface area contributed by atoms with E-state index >= 15 is 0 Å². The molecule has 0 radical (unpaired) electrons. The Labute approximate surface area is 225 Å². The maximum atomic E-state index is 13.7. The second kappa shape index (κ2) is 15.1. The minimum Gasteiger partial charge on any atom is -0.497 e. The zero-order valence-corrected chi connectivity index (χ0v) is 22.9. The molecule has 0 fully saturated rings. The summed E-state index contributed by atoms with van der Waals surface area (Å²) in [5.74, 6) is 1.69. The molecule has 0 spiro atoms. The molecule has 196 valence electrons. The molecule has 0 bridgehead atoms. The lowest BCUT2D eigenvalue weighted by Crippen LogP contribution is -2.51. The van der Waals surface area contributed by atoms with Gasteiger partial charge in [-0.25, -0.2) is 0 Å². The van der Waals surface area contributed by atoms with Crippen molar-refractivity contribution < 1.29 is 14.3 Å². The summed E-state index contributed by atoms with van der Waals surface area (Å²) in [5, 5.41) is 3.08. The van der Waals surface area contributed by atoms with Crippen molar-refractivity contribution in [3.8, 4) is 5.75 Å². The average Bonchev–Trinajstić information content (AvgIpc) is 2.92. The van der Waals surface area contributed by atoms with Crippen molar-refractivity contribution in [2.24, 2.45) is 0 Å². The van der Waals surface area contributed by atoms with E-state index in [1.54, 1.807) is 23.8 Å². The fourth-order valence-corrected chi connectivity index (χ4v) is 4.96. The van der Waals surface area contributed by atoms with Crippen LogP contribution in [0.5, 0.6) is 5.75 Å². The van der Waals surface area contributed by atoms with Crippen LogP contribution in [0.4, 0.5) is 0 Å². The number of unbranched alkanes of at least 4 members (excludes halogenated alkanes) is 1. The number of thioether (sulfide) groups is 1. The zero-order chi connectivity index (χ0) is 26.5. The monoisotopic (exact) mass is 518 g/mol. The summed E-state index contributed by atoms with van der Waals surface area (Å²) in [4.78, 5) is 29.0. The van der Waals surface area contributed by atoms with Gasteiger partial charge in [0.15, 0.2) is 0 Å². The molecule has 5 nitrogen and oxygen atoms in total. The van der Waals surface area contributed by atoms with Gasteiger partial charge in [0.1, 0.15) is 11.8 Å². The highest BCUT2D eigenvalue weighted by molar-refractivity contribution is 7.99. The van der Waals surface area contributed by atoms with Gasteiger partial charge in [0.25, 0.3) is 0 Å². The summed E-state index contributed by atoms with van der Waals surface area (Å²) in [5.41, 5.74) is 4.32. The Hall–Kier alpha value is -3.25. The van der Waals surface area contributed by atoms with E-state index in [-0.39, 0.29) is 11.8 Å². The van der Waals surface area contributed by atoms with Crippen molar-refractivity contribution in [1.82, 2.24) is 10.2 Å². The van der Waals surface area contributed by atoms with Gasteiger partial charge in [-0.1, -0.05) is 80.1 Å². The van der Waals surface area contributed by atoms with E-state index in [0.29, 0.717) is 31.0 Å². The fourth-order valence-electron chi connectivity index (χ4n) is 4.09. The molecule has 1 N–H and O–H groups in total. The smallest absolute Gasteiger partial charge is 0.243 e. The second-order valence-electron chi connectivity index (χ2n) is 9.14. The van der Waals surface area contributed by atoms with E-state index in [1.807, 2.05) is 85.8 Å². The highest BCUT2D eigenvalue weighted by Gasteiger charge is 2.30. The van der Waals surface area contributed by atoms with Gasteiger partial charge in [0, 0.05) is 25.3 Å². The Bertz CT molecular complexity index is 1120. The highest BCUT2D eigenvalue weighted by atomic mass is 32.2. The summed E-state index contributed by atoms with van der Waals surface area (Å²) in [6.07, 6.45) is 2.38. The molecule has 0 saturated heterocycles. The van der Waals surface area contributed by atoms with Crippen LogP contribution in [0.15, 0.2) is 78.9 Å². The molecule has 0 heterocycles. The lowest BCUT2D eigenvalue weighted by Gasteiger charge is -2.32. The van der Waals surface area contributed by atoms with Crippen LogP contribution >= 0.6 is 11.8 Å². The molecule has 3 rings (SSSR count). The molecule has 0 aromatic heterocycles. The Kier molecular flexibility index (Phi) is 11.6. The van der Waals surface area contributed by atoms with Gasteiger partial charge in [-0.2, -0.15) is 0 Å². The van der Waals surface area contributed by atoms with Crippen molar-refractivity contribution in [2.75, 3.05) is 19.4 Å². The first-order chi connectivity index (χ1) is 18.0. The van der Waals surface area contributed by atoms with E-state index in [2.05, 4.69) is 12.2 Å². The molecule has 0 aliphatic carbocycles. The number of rotatable bonds is 14. The van der Waals surface area contributed by atoms with Gasteiger partial charge in [-0.3, -0.25) is 9.59 Å². The molecule has 0 aliphatic rings. The quantitative estimate of drug-likeness (QED) is 0.274. The number of nitrogens with one attached hydrogen (secondary N) is 1. The summed E-state index contributed by atoms with van der Waals surface area (Å²) < 4.78 is 5.24. The normalized spacial score (nSPS) is 11.5. The first-order valence-corrected chi connectivity index (χ1v) is 14.0. The van der Waals surface area contributed by atoms with Crippen LogP contribution in [0.1, 0.15) is 42.0 Å². The predicted octanol–water partition coefficient (Wildman–Crippen LogP) is 5.79. The van der Waals surface area contributed by atoms with Crippen molar-refractivity contribution in [3.05, 3.63) is 101 Å². The Morgan fingerprint density at radius 2 is 1.65 bits per heavy atom. The van der Waals surface area contributed by atoms with Gasteiger partial charge < -0.3 is 15.0 Å². The molecule has 3 aromatic rings. The van der Waals surface area contributed by atoms with Gasteiger partial charge in [0.2, 0.25) is 11.8 Å². The number of carbonyl (C=O) groups excluding carboxylic acids is 2. The first kappa shape index (κ1) is 28.3. The lowest BCUT2D eigenvalue weighted by molar-refractivity contribution is -0.139. The SMILES string of the molecule is CCCCNC(=O)C(Cc1ccccc1)N(Cc1ccccc1C)C(=O)CSCc1ccc(OC)cc1. The van der Waals surface area contributed by atoms with Crippen molar-refractivity contribution in [2.45, 2.75) is 51.4 Å². The molecule has 37 heavy (non-hydrogen) atoms. The largest absolute Gasteiger partial charge is 0.497 e. The number of benzene rings is 3. The Balaban J connectivity index is 1.81. The van der Waals surface area contributed by atoms with Crippen LogP contribution in [-0.2, 0) is 28.3 Å². The van der Waals surface area contributed by atoms with E-state index in [1.165, 1.54) is 0 Å². The van der Waals surface area contributed by atoms with Crippen LogP contribution < -0.4 is 10.1 Å². The topological polar surface area (TPSA) is 58.6 Å². The number of hydrogen-bond donors (Lipinski definition) is 1. The van der Waals surface area contributed by atoms with Crippen LogP contribution in [0, 0.1) is 6.92 Å². The van der Waals surface area contributed by atoms with E-state index < -0.39 is 6.04 Å². The van der Waals surface area contributed by atoms with Gasteiger partial charge >= 0.3 is 0 Å². The summed E-state index contributed by atoms with van der Waals surface area (Å²) in [6, 6.07) is 25.3. The second-order valence-corrected chi connectivity index (χ2v) is 10.1. The summed E-state index contributed by atoms with van der Waals surface area (Å²) in [6.45, 7) is 5.15. The van der Waals surface area contributed by atoms with E-state index in [4.69, 9.17) is 4.74 Å². The third-order valence-corrected chi connectivity index (χ3v) is 7.34. The Morgan fingerprint density at radius 1 is 0.946 bits per heavy atom. The molecular formula is C31H38N2O3S. The van der Waals surface area contributed by atoms with E-state index in [0.717, 1.165) is 40.8 Å². The Morgan fingerprint density at radius 3 is 2.32 bits per heavy atom. The predicted molar refractivity (Wildman–Crippen MR) is 153 cm³/mol. The van der Waals surface area contributed by atoms with Crippen LogP contribution in [-0.4, -0.2) is 42.2 Å². The van der Waals surface area contributed by atoms with Crippen molar-refractivity contribution in [1.29, 1.82) is 0 Å². The van der Waals surface area contributed by atoms with Crippen LogP contribution in [0.2, 0.25) is 0 Å². The standard InChI is InChI=1S/C31H38N2O3S/c1-4-5-19-32-31(35)29(20-25-12-7-6-8-13-25)33(21-27-14-10-9-11-24(27)2)30(34)23-37-22-26-15-17-28(36-3)18-16-26/h6-18,29H,4-5,19-23H2,1-3H3,(H,32,35). The molecule has 3 aromatic carbocycles. The lowest BCUT2D eigenvalue weighted by atomic mass is 10.0. The molecule has 0 saturated carbocycles. The zero-order valence-electron chi connectivity index (χ0n) is 22.1. The average molecular weight is 519 g/mol. The van der Waals surface area contributed by atoms with Crippen LogP contribution in [0.25, 0.3) is 0 Å². The van der Waals surface area contributed by atoms with Crippen LogP contribution in [0.3, 0.4) is 0 Å². The number of ether oxygens (including phenoxy) is 1. The summed E-state index contributed by atoms with van der Waals surface area (Å²) >= 11 is 1.56. The maximum Gasteiger partial charge on any atom is 0.243 e. The maximum absolute atomic E-state index is 13.7. The molecule has 2 amide bonds. The van der Waals surface area contributed by atoms with Crippen molar-refractivity contribution in [3.63, 3.8) is 0 Å². The number of carbonyl (C=O) groups is 2. The molecule has 6 heteroatoms. The highest BCUT2D eigenvalue weighted by Crippen LogP contribution is 2.21. The minimum absolute atomic E-state index is 0.0339. The van der Waals surface area contributed by atoms with Gasteiger partial charge in [0.05, 0.1) is 12.9 Å². The number of hydrogen-bond acceptors (Lipinski definition) is 4.